The molecule has 0 amide bonds. The lowest BCUT2D eigenvalue weighted by molar-refractivity contribution is -0.143. The molecule has 1 aromatic carbocycles. The first kappa shape index (κ1) is 14.4. The van der Waals surface area contributed by atoms with E-state index in [2.05, 4.69) is 0 Å². The van der Waals surface area contributed by atoms with Crippen LogP contribution in [0.4, 0.5) is 0 Å². The zero-order valence-electron chi connectivity index (χ0n) is 9.07. The lowest BCUT2D eigenvalue weighted by Gasteiger charge is -2.20. The Hall–Kier alpha value is -0.700. The largest absolute Gasteiger partial charge is 0.454 e. The van der Waals surface area contributed by atoms with Crippen molar-refractivity contribution < 1.29 is 9.53 Å². The van der Waals surface area contributed by atoms with Gasteiger partial charge in [-0.15, -0.1) is 0 Å². The second-order valence-electron chi connectivity index (χ2n) is 3.34. The Morgan fingerprint density at radius 3 is 2.35 bits per heavy atom. The highest BCUT2D eigenvalue weighted by atomic mass is 35.6. The van der Waals surface area contributed by atoms with E-state index in [1.807, 2.05) is 30.3 Å². The molecule has 0 saturated heterocycles. The fourth-order valence-electron chi connectivity index (χ4n) is 1.16. The molecule has 0 N–H and O–H groups in total. The number of carbonyl (C=O) groups excluding carboxylic acids is 1. The number of benzene rings is 1. The third-order valence-corrected chi connectivity index (χ3v) is 2.52. The van der Waals surface area contributed by atoms with E-state index < -0.39 is 15.9 Å². The van der Waals surface area contributed by atoms with Gasteiger partial charge in [-0.2, -0.15) is 0 Å². The quantitative estimate of drug-likeness (QED) is 0.622. The molecule has 17 heavy (non-hydrogen) atoms. The van der Waals surface area contributed by atoms with Gasteiger partial charge in [0.05, 0.1) is 0 Å². The monoisotopic (exact) mass is 292 g/mol. The Balaban J connectivity index is 2.80. The van der Waals surface area contributed by atoms with Crippen molar-refractivity contribution >= 4 is 46.8 Å². The number of ether oxygens (including phenoxy) is 1. The third kappa shape index (κ3) is 5.44. The first-order valence-electron chi connectivity index (χ1n) is 4.87. The molecular weight excluding hydrogens is 282 g/mol. The van der Waals surface area contributed by atoms with Gasteiger partial charge in [0.25, 0.3) is 0 Å². The average molecular weight is 294 g/mol. The van der Waals surface area contributed by atoms with Crippen LogP contribution >= 0.6 is 34.8 Å². The molecule has 92 valence electrons. The van der Waals surface area contributed by atoms with Crippen molar-refractivity contribution in [2.75, 3.05) is 0 Å². The van der Waals surface area contributed by atoms with Crippen LogP contribution in [-0.4, -0.2) is 15.9 Å². The molecular formula is C12H11Cl3O2. The summed E-state index contributed by atoms with van der Waals surface area (Å²) in [6.07, 6.45) is 2.37. The van der Waals surface area contributed by atoms with E-state index in [1.165, 1.54) is 6.92 Å². The average Bonchev–Trinajstić information content (AvgIpc) is 2.23. The summed E-state index contributed by atoms with van der Waals surface area (Å²) in [6.45, 7) is 1.26. The molecule has 0 saturated carbocycles. The van der Waals surface area contributed by atoms with Gasteiger partial charge in [0, 0.05) is 6.92 Å². The van der Waals surface area contributed by atoms with Gasteiger partial charge in [0.15, 0.2) is 6.10 Å². The highest BCUT2D eigenvalue weighted by Crippen LogP contribution is 2.33. The molecule has 0 aliphatic carbocycles. The van der Waals surface area contributed by atoms with Gasteiger partial charge < -0.3 is 4.74 Å². The molecule has 1 rings (SSSR count). The van der Waals surface area contributed by atoms with Crippen molar-refractivity contribution in [2.24, 2.45) is 0 Å². The van der Waals surface area contributed by atoms with Crippen molar-refractivity contribution in [1.29, 1.82) is 0 Å². The molecule has 2 nitrogen and oxygen atoms in total. The molecule has 0 heterocycles. The van der Waals surface area contributed by atoms with Gasteiger partial charge in [-0.25, -0.2) is 0 Å². The van der Waals surface area contributed by atoms with Gasteiger partial charge >= 0.3 is 5.97 Å². The second-order valence-corrected chi connectivity index (χ2v) is 5.71. The minimum Gasteiger partial charge on any atom is -0.454 e. The van der Waals surface area contributed by atoms with Gasteiger partial charge in [0.2, 0.25) is 3.79 Å². The predicted molar refractivity (Wildman–Crippen MR) is 71.3 cm³/mol. The zero-order chi connectivity index (χ0) is 12.9. The molecule has 0 unspecified atom stereocenters. The summed E-state index contributed by atoms with van der Waals surface area (Å²) in [4.78, 5) is 10.9. The summed E-state index contributed by atoms with van der Waals surface area (Å²) < 4.78 is 3.23. The first-order chi connectivity index (χ1) is 7.89. The number of esters is 1. The smallest absolute Gasteiger partial charge is 0.303 e. The lowest BCUT2D eigenvalue weighted by atomic mass is 10.2. The van der Waals surface area contributed by atoms with E-state index in [1.54, 1.807) is 12.2 Å². The van der Waals surface area contributed by atoms with Crippen LogP contribution in [0.25, 0.3) is 6.08 Å². The number of carbonyl (C=O) groups is 1. The maximum absolute atomic E-state index is 10.9. The Bertz CT molecular complexity index is 396. The Kier molecular flexibility index (Phi) is 5.31. The van der Waals surface area contributed by atoms with Crippen molar-refractivity contribution in [2.45, 2.75) is 16.8 Å². The summed E-state index contributed by atoms with van der Waals surface area (Å²) >= 11 is 17.1. The first-order valence-corrected chi connectivity index (χ1v) is 6.00. The standard InChI is InChI=1S/C12H11Cl3O2/c1-9(16)17-11(12(13,14)15)8-7-10-5-3-2-4-6-10/h2-8,11H,1H3/b8-7+/t11-/m0/s1. The van der Waals surface area contributed by atoms with E-state index in [0.717, 1.165) is 5.56 Å². The highest BCUT2D eigenvalue weighted by Gasteiger charge is 2.33. The fraction of sp³-hybridized carbons (Fsp3) is 0.250. The number of rotatable bonds is 3. The van der Waals surface area contributed by atoms with Crippen molar-refractivity contribution in [1.82, 2.24) is 0 Å². The third-order valence-electron chi connectivity index (χ3n) is 1.88. The molecule has 0 bridgehead atoms. The van der Waals surface area contributed by atoms with Crippen LogP contribution in [0.15, 0.2) is 36.4 Å². The van der Waals surface area contributed by atoms with Crippen LogP contribution in [0, 0.1) is 0 Å². The normalized spacial score (nSPS) is 13.6. The topological polar surface area (TPSA) is 26.3 Å². The lowest BCUT2D eigenvalue weighted by Crippen LogP contribution is -2.28. The molecule has 0 aliphatic rings. The van der Waals surface area contributed by atoms with Gasteiger partial charge in [-0.3, -0.25) is 4.79 Å². The highest BCUT2D eigenvalue weighted by molar-refractivity contribution is 6.68. The number of halogens is 3. The maximum atomic E-state index is 10.9. The van der Waals surface area contributed by atoms with Crippen LogP contribution in [0.5, 0.6) is 0 Å². The summed E-state index contributed by atoms with van der Waals surface area (Å²) in [6, 6.07) is 9.45. The summed E-state index contributed by atoms with van der Waals surface area (Å²) in [5.74, 6) is -0.501. The zero-order valence-corrected chi connectivity index (χ0v) is 11.3. The van der Waals surface area contributed by atoms with Crippen LogP contribution < -0.4 is 0 Å². The second kappa shape index (κ2) is 6.29. The molecule has 0 fully saturated rings. The summed E-state index contributed by atoms with van der Waals surface area (Å²) in [5.41, 5.74) is 0.930. The van der Waals surface area contributed by atoms with Gasteiger partial charge in [0.1, 0.15) is 0 Å². The minimum absolute atomic E-state index is 0.501. The molecule has 0 radical (unpaired) electrons. The van der Waals surface area contributed by atoms with Gasteiger partial charge in [-0.05, 0) is 11.6 Å². The Morgan fingerprint density at radius 2 is 1.88 bits per heavy atom. The SMILES string of the molecule is CC(=O)O[C@@H](/C=C/c1ccccc1)C(Cl)(Cl)Cl. The molecule has 1 aromatic rings. The Labute approximate surface area is 115 Å². The van der Waals surface area contributed by atoms with Crippen molar-refractivity contribution in [3.8, 4) is 0 Å². The Morgan fingerprint density at radius 1 is 1.29 bits per heavy atom. The van der Waals surface area contributed by atoms with Crippen LogP contribution in [0.3, 0.4) is 0 Å². The van der Waals surface area contributed by atoms with E-state index in [9.17, 15) is 4.79 Å². The van der Waals surface area contributed by atoms with E-state index in [-0.39, 0.29) is 0 Å². The summed E-state index contributed by atoms with van der Waals surface area (Å²) in [7, 11) is 0. The molecule has 1 atom stereocenters. The molecule has 0 aromatic heterocycles. The number of hydrogen-bond donors (Lipinski definition) is 0. The van der Waals surface area contributed by atoms with E-state index >= 15 is 0 Å². The fourth-order valence-corrected chi connectivity index (χ4v) is 1.51. The minimum atomic E-state index is -1.68. The van der Waals surface area contributed by atoms with E-state index in [0.29, 0.717) is 0 Å². The molecule has 0 aliphatic heterocycles. The van der Waals surface area contributed by atoms with Crippen LogP contribution in [-0.2, 0) is 9.53 Å². The van der Waals surface area contributed by atoms with Crippen molar-refractivity contribution in [3.05, 3.63) is 42.0 Å². The predicted octanol–water partition coefficient (Wildman–Crippen LogP) is 4.00. The number of hydrogen-bond acceptors (Lipinski definition) is 2. The number of alkyl halides is 3. The van der Waals surface area contributed by atoms with Crippen LogP contribution in [0.1, 0.15) is 12.5 Å². The van der Waals surface area contributed by atoms with Crippen LogP contribution in [0.2, 0.25) is 0 Å². The molecule has 0 spiro atoms. The van der Waals surface area contributed by atoms with E-state index in [4.69, 9.17) is 39.5 Å². The maximum Gasteiger partial charge on any atom is 0.303 e. The summed E-state index contributed by atoms with van der Waals surface area (Å²) in [5, 5.41) is 0. The van der Waals surface area contributed by atoms with Crippen molar-refractivity contribution in [3.63, 3.8) is 0 Å². The molecule has 5 heteroatoms. The van der Waals surface area contributed by atoms with Gasteiger partial charge in [-0.1, -0.05) is 71.2 Å².